The molecule has 0 N–H and O–H groups in total. The number of rotatable bonds is 7. The third kappa shape index (κ3) is 3.78. The van der Waals surface area contributed by atoms with Crippen LogP contribution in [0.1, 0.15) is 33.0 Å². The smallest absolute Gasteiger partial charge is 0.373 e. The third-order valence-corrected chi connectivity index (χ3v) is 5.02. The summed E-state index contributed by atoms with van der Waals surface area (Å²) >= 11 is 0. The van der Waals surface area contributed by atoms with Gasteiger partial charge >= 0.3 is 5.97 Å². The molecule has 1 aromatic heterocycles. The molecule has 0 unspecified atom stereocenters. The van der Waals surface area contributed by atoms with Crippen LogP contribution >= 0.6 is 0 Å². The molecule has 4 nitrogen and oxygen atoms in total. The minimum Gasteiger partial charge on any atom is -0.463 e. The first-order valence-electron chi connectivity index (χ1n) is 9.71. The van der Waals surface area contributed by atoms with Crippen LogP contribution < -0.4 is 0 Å². The van der Waals surface area contributed by atoms with Crippen LogP contribution in [0.15, 0.2) is 108 Å². The summed E-state index contributed by atoms with van der Waals surface area (Å²) in [5, 5.41) is 0. The van der Waals surface area contributed by atoms with Crippen molar-refractivity contribution in [1.29, 1.82) is 0 Å². The SMILES string of the molecule is COC(=O)c1ccc(COC(c2ccccc2)(c2ccccc2)c2ccccc2)o1. The highest BCUT2D eigenvalue weighted by Crippen LogP contribution is 2.41. The zero-order valence-corrected chi connectivity index (χ0v) is 16.7. The van der Waals surface area contributed by atoms with Gasteiger partial charge in [0.05, 0.1) is 7.11 Å². The van der Waals surface area contributed by atoms with Gasteiger partial charge in [0.1, 0.15) is 18.0 Å². The fraction of sp³-hybridized carbons (Fsp3) is 0.115. The molecular weight excluding hydrogens is 376 g/mol. The lowest BCUT2D eigenvalue weighted by Gasteiger charge is -2.35. The second kappa shape index (κ2) is 8.80. The fourth-order valence-corrected chi connectivity index (χ4v) is 3.61. The van der Waals surface area contributed by atoms with Crippen molar-refractivity contribution in [2.75, 3.05) is 7.11 Å². The zero-order valence-electron chi connectivity index (χ0n) is 16.7. The van der Waals surface area contributed by atoms with Gasteiger partial charge in [-0.15, -0.1) is 0 Å². The highest BCUT2D eigenvalue weighted by Gasteiger charge is 2.37. The predicted octanol–water partition coefficient (Wildman–Crippen LogP) is 5.57. The van der Waals surface area contributed by atoms with Crippen molar-refractivity contribution in [3.63, 3.8) is 0 Å². The summed E-state index contributed by atoms with van der Waals surface area (Å²) in [5.41, 5.74) is 2.16. The van der Waals surface area contributed by atoms with E-state index in [9.17, 15) is 4.79 Å². The second-order valence-electron chi connectivity index (χ2n) is 6.83. The molecule has 0 aliphatic carbocycles. The molecule has 150 valence electrons. The summed E-state index contributed by atoms with van der Waals surface area (Å²) in [7, 11) is 1.33. The molecule has 1 heterocycles. The van der Waals surface area contributed by atoms with E-state index in [4.69, 9.17) is 13.9 Å². The molecule has 0 radical (unpaired) electrons. The van der Waals surface area contributed by atoms with Crippen molar-refractivity contribution >= 4 is 5.97 Å². The number of methoxy groups -OCH3 is 1. The predicted molar refractivity (Wildman–Crippen MR) is 114 cm³/mol. The molecule has 0 spiro atoms. The molecule has 4 aromatic rings. The lowest BCUT2D eigenvalue weighted by Crippen LogP contribution is -2.32. The number of carbonyl (C=O) groups excluding carboxylic acids is 1. The third-order valence-electron chi connectivity index (χ3n) is 5.02. The Bertz CT molecular complexity index is 989. The Morgan fingerprint density at radius 1 is 0.733 bits per heavy atom. The summed E-state index contributed by atoms with van der Waals surface area (Å²) in [6.45, 7) is 0.176. The molecule has 0 saturated heterocycles. The Labute approximate surface area is 175 Å². The van der Waals surface area contributed by atoms with E-state index in [2.05, 4.69) is 36.4 Å². The van der Waals surface area contributed by atoms with Gasteiger partial charge in [-0.25, -0.2) is 4.79 Å². The Kier molecular flexibility index (Phi) is 5.77. The van der Waals surface area contributed by atoms with Gasteiger partial charge in [0.25, 0.3) is 0 Å². The van der Waals surface area contributed by atoms with E-state index in [0.717, 1.165) is 16.7 Å². The maximum absolute atomic E-state index is 11.7. The molecule has 30 heavy (non-hydrogen) atoms. The van der Waals surface area contributed by atoms with Crippen LogP contribution in [0.5, 0.6) is 0 Å². The zero-order chi connectivity index (χ0) is 20.8. The number of furan rings is 1. The molecular formula is C26H22O4. The van der Waals surface area contributed by atoms with Gasteiger partial charge in [-0.05, 0) is 28.8 Å². The van der Waals surface area contributed by atoms with Crippen LogP contribution in [-0.2, 0) is 21.7 Å². The highest BCUT2D eigenvalue weighted by atomic mass is 16.5. The minimum absolute atomic E-state index is 0.154. The summed E-state index contributed by atoms with van der Waals surface area (Å²) in [6, 6.07) is 33.6. The number of ether oxygens (including phenoxy) is 2. The average molecular weight is 398 g/mol. The fourth-order valence-electron chi connectivity index (χ4n) is 3.61. The molecule has 3 aromatic carbocycles. The first-order valence-corrected chi connectivity index (χ1v) is 9.71. The highest BCUT2D eigenvalue weighted by molar-refractivity contribution is 5.86. The lowest BCUT2D eigenvalue weighted by molar-refractivity contribution is -0.00847. The van der Waals surface area contributed by atoms with Crippen molar-refractivity contribution in [3.8, 4) is 0 Å². The summed E-state index contributed by atoms with van der Waals surface area (Å²) in [5.74, 6) is 0.185. The van der Waals surface area contributed by atoms with Gasteiger partial charge < -0.3 is 13.9 Å². The van der Waals surface area contributed by atoms with Crippen LogP contribution in [0.25, 0.3) is 0 Å². The first kappa shape index (κ1) is 19.7. The Morgan fingerprint density at radius 2 is 1.20 bits per heavy atom. The van der Waals surface area contributed by atoms with Gasteiger partial charge in [0.2, 0.25) is 5.76 Å². The van der Waals surface area contributed by atoms with E-state index in [1.807, 2.05) is 54.6 Å². The molecule has 0 atom stereocenters. The molecule has 0 aliphatic heterocycles. The second-order valence-corrected chi connectivity index (χ2v) is 6.83. The number of hydrogen-bond donors (Lipinski definition) is 0. The number of esters is 1. The monoisotopic (exact) mass is 398 g/mol. The number of carbonyl (C=O) groups is 1. The number of benzene rings is 3. The molecule has 4 heteroatoms. The quantitative estimate of drug-likeness (QED) is 0.301. The van der Waals surface area contributed by atoms with Gasteiger partial charge in [-0.3, -0.25) is 0 Å². The van der Waals surface area contributed by atoms with E-state index >= 15 is 0 Å². The minimum atomic E-state index is -0.845. The molecule has 0 amide bonds. The van der Waals surface area contributed by atoms with Crippen LogP contribution in [0, 0.1) is 0 Å². The van der Waals surface area contributed by atoms with Gasteiger partial charge in [0, 0.05) is 0 Å². The van der Waals surface area contributed by atoms with Crippen molar-refractivity contribution in [2.24, 2.45) is 0 Å². The van der Waals surface area contributed by atoms with Crippen LogP contribution in [0.3, 0.4) is 0 Å². The topological polar surface area (TPSA) is 48.7 Å². The van der Waals surface area contributed by atoms with E-state index in [0.29, 0.717) is 5.76 Å². The van der Waals surface area contributed by atoms with Crippen molar-refractivity contribution in [1.82, 2.24) is 0 Å². The maximum Gasteiger partial charge on any atom is 0.373 e. The van der Waals surface area contributed by atoms with Crippen LogP contribution in [0.4, 0.5) is 0 Å². The normalized spacial score (nSPS) is 11.2. The maximum atomic E-state index is 11.7. The Hall–Kier alpha value is -3.63. The van der Waals surface area contributed by atoms with Gasteiger partial charge in [-0.1, -0.05) is 91.0 Å². The van der Waals surface area contributed by atoms with Crippen LogP contribution in [0.2, 0.25) is 0 Å². The largest absolute Gasteiger partial charge is 0.463 e. The van der Waals surface area contributed by atoms with E-state index in [-0.39, 0.29) is 12.4 Å². The molecule has 0 fully saturated rings. The van der Waals surface area contributed by atoms with E-state index < -0.39 is 11.6 Å². The Balaban J connectivity index is 1.81. The summed E-state index contributed by atoms with van der Waals surface area (Å²) < 4.78 is 17.0. The van der Waals surface area contributed by atoms with Crippen molar-refractivity contribution < 1.29 is 18.7 Å². The first-order chi connectivity index (χ1) is 14.7. The standard InChI is InChI=1S/C26H22O4/c1-28-25(27)24-18-17-23(30-24)19-29-26(20-11-5-2-6-12-20,21-13-7-3-8-14-21)22-15-9-4-10-16-22/h2-18H,19H2,1H3. The molecule has 4 rings (SSSR count). The van der Waals surface area contributed by atoms with Gasteiger partial charge in [0.15, 0.2) is 0 Å². The molecule has 0 aliphatic rings. The van der Waals surface area contributed by atoms with E-state index in [1.54, 1.807) is 12.1 Å². The number of hydrogen-bond acceptors (Lipinski definition) is 4. The van der Waals surface area contributed by atoms with Gasteiger partial charge in [-0.2, -0.15) is 0 Å². The summed E-state index contributed by atoms with van der Waals surface area (Å²) in [4.78, 5) is 11.7. The van der Waals surface area contributed by atoms with E-state index in [1.165, 1.54) is 7.11 Å². The van der Waals surface area contributed by atoms with Crippen molar-refractivity contribution in [2.45, 2.75) is 12.2 Å². The molecule has 0 saturated carbocycles. The summed E-state index contributed by atoms with van der Waals surface area (Å²) in [6.07, 6.45) is 0. The van der Waals surface area contributed by atoms with Crippen molar-refractivity contribution in [3.05, 3.63) is 131 Å². The average Bonchev–Trinajstić information content (AvgIpc) is 3.30. The van der Waals surface area contributed by atoms with Crippen LogP contribution in [-0.4, -0.2) is 13.1 Å². The lowest BCUT2D eigenvalue weighted by atomic mass is 9.80. The molecule has 0 bridgehead atoms. The Morgan fingerprint density at radius 3 is 1.63 bits per heavy atom.